The minimum Gasteiger partial charge on any atom is -0.872 e. The first kappa shape index (κ1) is 35.8. The van der Waals surface area contributed by atoms with Gasteiger partial charge in [-0.05, 0) is 24.3 Å². The van der Waals surface area contributed by atoms with Crippen molar-refractivity contribution in [2.45, 2.75) is 0 Å². The Morgan fingerprint density at radius 2 is 0.512 bits per heavy atom. The maximum absolute atomic E-state index is 10.7. The maximum Gasteiger partial charge on any atom is 4.00 e. The number of hydrogen-bond donors (Lipinski definition) is 4. The van der Waals surface area contributed by atoms with Crippen molar-refractivity contribution in [3.8, 4) is 23.0 Å². The van der Waals surface area contributed by atoms with Crippen LogP contribution in [0.4, 0.5) is 0 Å². The molecular formula is C28H20O12Sn. The van der Waals surface area contributed by atoms with E-state index in [9.17, 15) is 39.6 Å². The molecule has 0 fully saturated rings. The topological polar surface area (TPSA) is 241 Å². The van der Waals surface area contributed by atoms with Gasteiger partial charge in [0.2, 0.25) is 0 Å². The molecule has 0 amide bonds. The Balaban J connectivity index is 0.000000516. The van der Waals surface area contributed by atoms with Gasteiger partial charge >= 0.3 is 47.8 Å². The standard InChI is InChI=1S/4C7H6O3.Sn/c4*8-6-4-2-1-3-5(6)7(9)10;/h4*1-4,8H,(H,9,10);/q;;;;+4/p-4. The molecule has 0 bridgehead atoms. The van der Waals surface area contributed by atoms with E-state index in [1.165, 1.54) is 97.1 Å². The van der Waals surface area contributed by atoms with Crippen LogP contribution in [0.15, 0.2) is 97.1 Å². The molecule has 208 valence electrons. The van der Waals surface area contributed by atoms with Gasteiger partial charge in [-0.2, -0.15) is 0 Å². The van der Waals surface area contributed by atoms with E-state index >= 15 is 0 Å². The third-order valence-corrected chi connectivity index (χ3v) is 4.47. The average molecular weight is 667 g/mol. The Kier molecular flexibility index (Phi) is 15.8. The molecule has 4 rings (SSSR count). The zero-order chi connectivity index (χ0) is 30.2. The van der Waals surface area contributed by atoms with E-state index < -0.39 is 46.9 Å². The minimum absolute atomic E-state index is 0. The Morgan fingerprint density at radius 1 is 0.366 bits per heavy atom. The van der Waals surface area contributed by atoms with Crippen LogP contribution in [0.25, 0.3) is 0 Å². The average Bonchev–Trinajstić information content (AvgIpc) is 2.90. The smallest absolute Gasteiger partial charge is 0.872 e. The van der Waals surface area contributed by atoms with Crippen molar-refractivity contribution < 1.29 is 60.0 Å². The summed E-state index contributed by atoms with van der Waals surface area (Å²) in [4.78, 5) is 40.9. The first-order valence-corrected chi connectivity index (χ1v) is 10.8. The first-order chi connectivity index (χ1) is 18.9. The number of para-hydroxylation sites is 4. The fourth-order valence-corrected chi connectivity index (χ4v) is 2.57. The minimum atomic E-state index is -1.18. The van der Waals surface area contributed by atoms with E-state index in [1.807, 2.05) is 0 Å². The largest absolute Gasteiger partial charge is 4.00 e. The predicted octanol–water partition coefficient (Wildman–Crippen LogP) is 1.45. The quantitative estimate of drug-likeness (QED) is 0.226. The maximum atomic E-state index is 10.7. The number of carbonyl (C=O) groups is 4. The fourth-order valence-electron chi connectivity index (χ4n) is 2.57. The van der Waals surface area contributed by atoms with Gasteiger partial charge in [0.1, 0.15) is 0 Å². The molecule has 0 aromatic heterocycles. The normalized spacial score (nSPS) is 8.98. The van der Waals surface area contributed by atoms with E-state index in [0.29, 0.717) is 0 Å². The van der Waals surface area contributed by atoms with Crippen LogP contribution in [0.5, 0.6) is 23.0 Å². The molecule has 0 atom stereocenters. The second-order valence-electron chi connectivity index (χ2n) is 7.21. The van der Waals surface area contributed by atoms with Crippen molar-refractivity contribution in [3.05, 3.63) is 119 Å². The molecule has 0 unspecified atom stereocenters. The third-order valence-electron chi connectivity index (χ3n) is 4.47. The van der Waals surface area contributed by atoms with Gasteiger partial charge in [0, 0.05) is 0 Å². The van der Waals surface area contributed by atoms with E-state index in [2.05, 4.69) is 0 Å². The fraction of sp³-hybridized carbons (Fsp3) is 0. The van der Waals surface area contributed by atoms with Crippen LogP contribution >= 0.6 is 0 Å². The zero-order valence-corrected chi connectivity index (χ0v) is 23.6. The van der Waals surface area contributed by atoms with Gasteiger partial charge in [-0.1, -0.05) is 95.8 Å². The van der Waals surface area contributed by atoms with Crippen molar-refractivity contribution in [3.63, 3.8) is 0 Å². The van der Waals surface area contributed by atoms with E-state index in [4.69, 9.17) is 20.4 Å². The molecule has 0 aliphatic carbocycles. The summed E-state index contributed by atoms with van der Waals surface area (Å²) >= 11 is 0. The van der Waals surface area contributed by atoms with Crippen molar-refractivity contribution in [1.82, 2.24) is 0 Å². The molecule has 0 heterocycles. The summed E-state index contributed by atoms with van der Waals surface area (Å²) in [6.45, 7) is 0. The van der Waals surface area contributed by atoms with Crippen molar-refractivity contribution in [2.75, 3.05) is 0 Å². The molecule has 0 saturated carbocycles. The second kappa shape index (κ2) is 18.1. The monoisotopic (exact) mass is 668 g/mol. The van der Waals surface area contributed by atoms with E-state index in [1.54, 1.807) is 0 Å². The Bertz CT molecular complexity index is 1250. The summed E-state index contributed by atoms with van der Waals surface area (Å²) in [6.07, 6.45) is 0. The third kappa shape index (κ3) is 12.4. The van der Waals surface area contributed by atoms with Gasteiger partial charge in [0.05, 0.1) is 22.3 Å². The van der Waals surface area contributed by atoms with Crippen LogP contribution in [0, 0.1) is 0 Å². The summed E-state index contributed by atoms with van der Waals surface area (Å²) in [5, 5.41) is 76.2. The van der Waals surface area contributed by atoms with Gasteiger partial charge in [0.25, 0.3) is 0 Å². The molecule has 41 heavy (non-hydrogen) atoms. The van der Waals surface area contributed by atoms with Gasteiger partial charge < -0.3 is 40.9 Å². The molecule has 0 saturated heterocycles. The van der Waals surface area contributed by atoms with Crippen LogP contribution in [-0.2, 0) is 0 Å². The molecule has 4 aromatic carbocycles. The van der Waals surface area contributed by atoms with Gasteiger partial charge in [0.15, 0.2) is 0 Å². The van der Waals surface area contributed by atoms with Crippen molar-refractivity contribution in [2.24, 2.45) is 0 Å². The van der Waals surface area contributed by atoms with Crippen molar-refractivity contribution >= 4 is 47.8 Å². The molecule has 4 aromatic rings. The Hall–Kier alpha value is -5.24. The molecular weight excluding hydrogens is 647 g/mol. The second-order valence-corrected chi connectivity index (χ2v) is 7.21. The van der Waals surface area contributed by atoms with E-state index in [-0.39, 0.29) is 46.2 Å². The SMILES string of the molecule is O=C(O)c1ccccc1[O-].O=C(O)c1ccccc1[O-].O=C(O)c1ccccc1[O-].O=C(O)c1ccccc1[O-].[Sn+4]. The number of rotatable bonds is 4. The number of aromatic carboxylic acids is 4. The predicted molar refractivity (Wildman–Crippen MR) is 137 cm³/mol. The van der Waals surface area contributed by atoms with E-state index in [0.717, 1.165) is 0 Å². The van der Waals surface area contributed by atoms with Crippen LogP contribution in [0.1, 0.15) is 41.4 Å². The van der Waals surface area contributed by atoms with Crippen LogP contribution in [0.3, 0.4) is 0 Å². The molecule has 12 nitrogen and oxygen atoms in total. The Morgan fingerprint density at radius 3 is 0.610 bits per heavy atom. The van der Waals surface area contributed by atoms with Crippen LogP contribution < -0.4 is 20.4 Å². The van der Waals surface area contributed by atoms with Gasteiger partial charge in [-0.3, -0.25) is 0 Å². The number of carboxylic acids is 4. The number of hydrogen-bond acceptors (Lipinski definition) is 8. The van der Waals surface area contributed by atoms with Gasteiger partial charge in [-0.25, -0.2) is 19.2 Å². The van der Waals surface area contributed by atoms with Gasteiger partial charge in [-0.15, -0.1) is 0 Å². The summed E-state index contributed by atoms with van der Waals surface area (Å²) < 4.78 is 0. The molecule has 0 aliphatic rings. The number of carboxylic acid groups (broad SMARTS) is 4. The number of benzene rings is 4. The van der Waals surface area contributed by atoms with Crippen LogP contribution in [0.2, 0.25) is 0 Å². The molecule has 4 N–H and O–H groups in total. The summed E-state index contributed by atoms with van der Waals surface area (Å²) in [5.41, 5.74) is -0.713. The Labute approximate surface area is 249 Å². The van der Waals surface area contributed by atoms with Crippen molar-refractivity contribution in [1.29, 1.82) is 0 Å². The summed E-state index contributed by atoms with van der Waals surface area (Å²) in [7, 11) is 0. The first-order valence-electron chi connectivity index (χ1n) is 10.8. The summed E-state index contributed by atoms with van der Waals surface area (Å²) in [5.74, 6) is -6.50. The van der Waals surface area contributed by atoms with Crippen LogP contribution in [-0.4, -0.2) is 68.2 Å². The molecule has 13 heteroatoms. The molecule has 0 radical (unpaired) electrons. The molecule has 0 aliphatic heterocycles. The molecule has 0 spiro atoms. The summed E-state index contributed by atoms with van der Waals surface area (Å²) in [6, 6.07) is 22.1. The zero-order valence-electron chi connectivity index (χ0n) is 20.8.